The van der Waals surface area contributed by atoms with E-state index in [0.29, 0.717) is 36.8 Å². The molecule has 1 unspecified atom stereocenters. The molecule has 0 bridgehead atoms. The van der Waals surface area contributed by atoms with Crippen LogP contribution in [0.2, 0.25) is 0 Å². The number of anilines is 1. The first-order valence-electron chi connectivity index (χ1n) is 8.27. The molecule has 7 nitrogen and oxygen atoms in total. The molecular weight excluding hydrogens is 320 g/mol. The lowest BCUT2D eigenvalue weighted by Gasteiger charge is -2.17. The van der Waals surface area contributed by atoms with Gasteiger partial charge in [-0.25, -0.2) is 14.8 Å². The smallest absolute Gasteiger partial charge is 0.341 e. The molecule has 130 valence electrons. The van der Waals surface area contributed by atoms with Crippen LogP contribution >= 0.6 is 0 Å². The number of amides is 1. The van der Waals surface area contributed by atoms with Crippen molar-refractivity contribution in [3.63, 3.8) is 0 Å². The maximum atomic E-state index is 12.4. The van der Waals surface area contributed by atoms with Crippen LogP contribution in [0.4, 0.5) is 5.95 Å². The molecule has 0 spiro atoms. The zero-order valence-corrected chi connectivity index (χ0v) is 14.0. The number of aromatic nitrogens is 2. The van der Waals surface area contributed by atoms with Gasteiger partial charge < -0.3 is 15.0 Å². The van der Waals surface area contributed by atoms with Crippen LogP contribution in [0, 0.1) is 0 Å². The van der Waals surface area contributed by atoms with Gasteiger partial charge in [0.1, 0.15) is 0 Å². The van der Waals surface area contributed by atoms with Gasteiger partial charge in [0.15, 0.2) is 0 Å². The summed E-state index contributed by atoms with van der Waals surface area (Å²) in [6, 6.07) is 9.33. The van der Waals surface area contributed by atoms with Crippen molar-refractivity contribution >= 4 is 17.8 Å². The quantitative estimate of drug-likeness (QED) is 0.838. The molecule has 25 heavy (non-hydrogen) atoms. The number of hydrogen-bond donors (Lipinski definition) is 1. The molecule has 1 aromatic carbocycles. The van der Waals surface area contributed by atoms with Crippen molar-refractivity contribution in [1.82, 2.24) is 14.9 Å². The summed E-state index contributed by atoms with van der Waals surface area (Å²) in [5.74, 6) is 0.0325. The number of hydrogen-bond acceptors (Lipinski definition) is 6. The van der Waals surface area contributed by atoms with E-state index >= 15 is 0 Å². The lowest BCUT2D eigenvalue weighted by molar-refractivity contribution is 0.0525. The minimum atomic E-state index is -0.436. The zero-order valence-electron chi connectivity index (χ0n) is 14.0. The Bertz CT molecular complexity index is 734. The Morgan fingerprint density at radius 2 is 1.92 bits per heavy atom. The highest BCUT2D eigenvalue weighted by Gasteiger charge is 2.27. The van der Waals surface area contributed by atoms with E-state index in [0.717, 1.165) is 6.42 Å². The molecule has 1 aromatic heterocycles. The molecule has 2 heterocycles. The standard InChI is InChI=1S/C18H20N4O3/c1-2-25-17(24)14-10-19-18(20-11-14)21-15-8-9-22(12-15)16(23)13-6-4-3-5-7-13/h3-7,10-11,15H,2,8-9,12H2,1H3,(H,19,20,21). The molecule has 1 atom stereocenters. The van der Waals surface area contributed by atoms with Gasteiger partial charge in [-0.2, -0.15) is 0 Å². The maximum Gasteiger partial charge on any atom is 0.341 e. The Morgan fingerprint density at radius 3 is 2.60 bits per heavy atom. The van der Waals surface area contributed by atoms with Gasteiger partial charge in [0, 0.05) is 37.1 Å². The molecule has 0 aliphatic carbocycles. The maximum absolute atomic E-state index is 12.4. The van der Waals surface area contributed by atoms with Crippen LogP contribution in [-0.2, 0) is 4.74 Å². The molecule has 7 heteroatoms. The van der Waals surface area contributed by atoms with Crippen LogP contribution in [0.1, 0.15) is 34.1 Å². The second-order valence-electron chi connectivity index (χ2n) is 5.76. The minimum Gasteiger partial charge on any atom is -0.462 e. The molecule has 1 saturated heterocycles. The highest BCUT2D eigenvalue weighted by molar-refractivity contribution is 5.94. The number of nitrogens with one attached hydrogen (secondary N) is 1. The number of ether oxygens (including phenoxy) is 1. The van der Waals surface area contributed by atoms with E-state index in [2.05, 4.69) is 15.3 Å². The average molecular weight is 340 g/mol. The van der Waals surface area contributed by atoms with Crippen molar-refractivity contribution < 1.29 is 14.3 Å². The molecule has 2 aromatic rings. The molecule has 1 aliphatic heterocycles. The first kappa shape index (κ1) is 16.9. The van der Waals surface area contributed by atoms with Crippen molar-refractivity contribution in [2.75, 3.05) is 25.0 Å². The van der Waals surface area contributed by atoms with Crippen LogP contribution in [0.3, 0.4) is 0 Å². The van der Waals surface area contributed by atoms with Gasteiger partial charge in [0.25, 0.3) is 5.91 Å². The van der Waals surface area contributed by atoms with E-state index in [1.807, 2.05) is 35.2 Å². The van der Waals surface area contributed by atoms with Crippen LogP contribution in [0.15, 0.2) is 42.7 Å². The molecule has 3 rings (SSSR count). The fraction of sp³-hybridized carbons (Fsp3) is 0.333. The van der Waals surface area contributed by atoms with Gasteiger partial charge in [-0.3, -0.25) is 4.79 Å². The van der Waals surface area contributed by atoms with Crippen molar-refractivity contribution in [1.29, 1.82) is 0 Å². The van der Waals surface area contributed by atoms with Gasteiger partial charge >= 0.3 is 5.97 Å². The normalized spacial score (nSPS) is 16.5. The monoisotopic (exact) mass is 340 g/mol. The lowest BCUT2D eigenvalue weighted by atomic mass is 10.2. The van der Waals surface area contributed by atoms with Gasteiger partial charge in [0.2, 0.25) is 5.95 Å². The van der Waals surface area contributed by atoms with Crippen molar-refractivity contribution in [3.05, 3.63) is 53.9 Å². The predicted molar refractivity (Wildman–Crippen MR) is 92.4 cm³/mol. The Balaban J connectivity index is 1.56. The number of nitrogens with zero attached hydrogens (tertiary/aromatic N) is 3. The third-order valence-electron chi connectivity index (χ3n) is 3.99. The summed E-state index contributed by atoms with van der Waals surface area (Å²) in [5, 5.41) is 3.21. The number of esters is 1. The van der Waals surface area contributed by atoms with Gasteiger partial charge in [-0.1, -0.05) is 18.2 Å². The molecule has 1 amide bonds. The second kappa shape index (κ2) is 7.74. The number of carbonyl (C=O) groups excluding carboxylic acids is 2. The molecule has 0 radical (unpaired) electrons. The first-order valence-corrected chi connectivity index (χ1v) is 8.27. The first-order chi connectivity index (χ1) is 12.2. The van der Waals surface area contributed by atoms with E-state index in [9.17, 15) is 9.59 Å². The summed E-state index contributed by atoms with van der Waals surface area (Å²) in [6.07, 6.45) is 3.70. The van der Waals surface area contributed by atoms with Gasteiger partial charge in [-0.15, -0.1) is 0 Å². The van der Waals surface area contributed by atoms with E-state index in [1.165, 1.54) is 12.4 Å². The number of benzene rings is 1. The molecular formula is C18H20N4O3. The summed E-state index contributed by atoms with van der Waals surface area (Å²) >= 11 is 0. The highest BCUT2D eigenvalue weighted by atomic mass is 16.5. The van der Waals surface area contributed by atoms with E-state index in [4.69, 9.17) is 4.74 Å². The lowest BCUT2D eigenvalue weighted by Crippen LogP contribution is -2.31. The second-order valence-corrected chi connectivity index (χ2v) is 5.76. The van der Waals surface area contributed by atoms with Crippen LogP contribution in [0.5, 0.6) is 0 Å². The molecule has 1 aliphatic rings. The largest absolute Gasteiger partial charge is 0.462 e. The van der Waals surface area contributed by atoms with Gasteiger partial charge in [-0.05, 0) is 25.5 Å². The Hall–Kier alpha value is -2.96. The highest BCUT2D eigenvalue weighted by Crippen LogP contribution is 2.16. The number of rotatable bonds is 5. The van der Waals surface area contributed by atoms with Crippen LogP contribution < -0.4 is 5.32 Å². The van der Waals surface area contributed by atoms with Crippen LogP contribution in [-0.4, -0.2) is 52.5 Å². The third-order valence-corrected chi connectivity index (χ3v) is 3.99. The van der Waals surface area contributed by atoms with E-state index in [-0.39, 0.29) is 11.9 Å². The summed E-state index contributed by atoms with van der Waals surface area (Å²) in [6.45, 7) is 3.34. The third kappa shape index (κ3) is 4.12. The fourth-order valence-corrected chi connectivity index (χ4v) is 2.73. The predicted octanol–water partition coefficient (Wildman–Crippen LogP) is 1.98. The summed E-state index contributed by atoms with van der Waals surface area (Å²) in [7, 11) is 0. The Kier molecular flexibility index (Phi) is 5.23. The van der Waals surface area contributed by atoms with Crippen molar-refractivity contribution in [3.8, 4) is 0 Å². The topological polar surface area (TPSA) is 84.4 Å². The van der Waals surface area contributed by atoms with E-state index in [1.54, 1.807) is 6.92 Å². The number of carbonyl (C=O) groups is 2. The fourth-order valence-electron chi connectivity index (χ4n) is 2.73. The van der Waals surface area contributed by atoms with Crippen LogP contribution in [0.25, 0.3) is 0 Å². The van der Waals surface area contributed by atoms with Crippen molar-refractivity contribution in [2.45, 2.75) is 19.4 Å². The van der Waals surface area contributed by atoms with Crippen molar-refractivity contribution in [2.24, 2.45) is 0 Å². The zero-order chi connectivity index (χ0) is 17.6. The summed E-state index contributed by atoms with van der Waals surface area (Å²) < 4.78 is 4.90. The summed E-state index contributed by atoms with van der Waals surface area (Å²) in [4.78, 5) is 34.1. The molecule has 1 fully saturated rings. The molecule has 1 N–H and O–H groups in total. The minimum absolute atomic E-state index is 0.0310. The average Bonchev–Trinajstić information content (AvgIpc) is 3.11. The Labute approximate surface area is 146 Å². The summed E-state index contributed by atoms with van der Waals surface area (Å²) in [5.41, 5.74) is 1.01. The molecule has 0 saturated carbocycles. The van der Waals surface area contributed by atoms with E-state index < -0.39 is 5.97 Å². The SMILES string of the molecule is CCOC(=O)c1cnc(NC2CCN(C(=O)c3ccccc3)C2)nc1. The number of likely N-dealkylation sites (tertiary alicyclic amines) is 1. The van der Waals surface area contributed by atoms with Gasteiger partial charge in [0.05, 0.1) is 12.2 Å². The Morgan fingerprint density at radius 1 is 1.20 bits per heavy atom.